The fourth-order valence-corrected chi connectivity index (χ4v) is 3.93. The van der Waals surface area contributed by atoms with Crippen molar-refractivity contribution in [2.24, 2.45) is 5.92 Å². The summed E-state index contributed by atoms with van der Waals surface area (Å²) in [4.78, 5) is 11.6. The monoisotopic (exact) mass is 432 g/mol. The molecule has 4 rings (SSSR count). The average molecular weight is 433 g/mol. The van der Waals surface area contributed by atoms with Crippen molar-refractivity contribution in [3.63, 3.8) is 0 Å². The second kappa shape index (κ2) is 7.26. The van der Waals surface area contributed by atoms with Crippen molar-refractivity contribution in [2.75, 3.05) is 6.61 Å². The maximum atomic E-state index is 14.7. The molecule has 0 bridgehead atoms. The third kappa shape index (κ3) is 3.62. The number of carbonyl (C=O) groups excluding carboxylic acids is 1. The number of aromatic nitrogens is 2. The molecule has 1 fully saturated rings. The number of hydrogen-bond acceptors (Lipinski definition) is 3. The van der Waals surface area contributed by atoms with Gasteiger partial charge in [-0.05, 0) is 44.2 Å². The van der Waals surface area contributed by atoms with Crippen LogP contribution in [0.2, 0.25) is 10.0 Å². The van der Waals surface area contributed by atoms with Gasteiger partial charge < -0.3 is 4.74 Å². The first-order valence-corrected chi connectivity index (χ1v) is 9.83. The quantitative estimate of drug-likeness (QED) is 0.595. The molecule has 4 nitrogen and oxygen atoms in total. The SMILES string of the molecule is O=C(OCC(F)(F)c1cc(-c2nn3c(c2Cl)CCCC3)c(F)cc1Cl)C1CC1. The number of halogens is 5. The number of fused-ring (bicyclic) bond motifs is 1. The Balaban J connectivity index is 1.68. The fraction of sp³-hybridized carbons (Fsp3) is 0.474. The van der Waals surface area contributed by atoms with E-state index in [1.165, 1.54) is 0 Å². The lowest BCUT2D eigenvalue weighted by Gasteiger charge is -2.19. The van der Waals surface area contributed by atoms with E-state index in [-0.39, 0.29) is 22.2 Å². The van der Waals surface area contributed by atoms with Crippen LogP contribution in [0.1, 0.15) is 36.9 Å². The molecule has 2 heterocycles. The molecule has 0 unspecified atom stereocenters. The summed E-state index contributed by atoms with van der Waals surface area (Å²) < 4.78 is 50.3. The lowest BCUT2D eigenvalue weighted by Crippen LogP contribution is -2.24. The molecule has 0 amide bonds. The van der Waals surface area contributed by atoms with E-state index in [1.807, 2.05) is 0 Å². The lowest BCUT2D eigenvalue weighted by atomic mass is 10.0. The van der Waals surface area contributed by atoms with Crippen LogP contribution in [0.5, 0.6) is 0 Å². The first-order chi connectivity index (χ1) is 13.3. The molecule has 1 saturated carbocycles. The zero-order valence-electron chi connectivity index (χ0n) is 14.8. The molecule has 1 aromatic carbocycles. The van der Waals surface area contributed by atoms with E-state index in [0.717, 1.165) is 30.7 Å². The van der Waals surface area contributed by atoms with Gasteiger partial charge in [-0.25, -0.2) is 4.39 Å². The van der Waals surface area contributed by atoms with Gasteiger partial charge in [-0.1, -0.05) is 23.2 Å². The molecule has 1 aromatic heterocycles. The molecule has 9 heteroatoms. The number of carbonyl (C=O) groups is 1. The summed E-state index contributed by atoms with van der Waals surface area (Å²) in [6.07, 6.45) is 3.85. The van der Waals surface area contributed by atoms with Crippen LogP contribution in [0.25, 0.3) is 11.3 Å². The van der Waals surface area contributed by atoms with Gasteiger partial charge in [0.05, 0.1) is 21.7 Å². The number of benzene rings is 1. The van der Waals surface area contributed by atoms with Crippen molar-refractivity contribution < 1.29 is 22.7 Å². The van der Waals surface area contributed by atoms with Gasteiger partial charge in [-0.15, -0.1) is 0 Å². The molecule has 0 atom stereocenters. The van der Waals surface area contributed by atoms with Gasteiger partial charge in [0, 0.05) is 17.7 Å². The van der Waals surface area contributed by atoms with Crippen LogP contribution in [-0.4, -0.2) is 22.4 Å². The van der Waals surface area contributed by atoms with Crippen molar-refractivity contribution in [3.05, 3.63) is 39.3 Å². The summed E-state index contributed by atoms with van der Waals surface area (Å²) in [5, 5.41) is 4.12. The van der Waals surface area contributed by atoms with E-state index < -0.39 is 34.9 Å². The van der Waals surface area contributed by atoms with E-state index in [0.29, 0.717) is 25.8 Å². The smallest absolute Gasteiger partial charge is 0.309 e. The van der Waals surface area contributed by atoms with Gasteiger partial charge in [0.1, 0.15) is 11.5 Å². The summed E-state index contributed by atoms with van der Waals surface area (Å²) in [6.45, 7) is -0.509. The average Bonchev–Trinajstić information content (AvgIpc) is 3.45. The van der Waals surface area contributed by atoms with Crippen LogP contribution in [0, 0.1) is 11.7 Å². The highest BCUT2D eigenvalue weighted by atomic mass is 35.5. The van der Waals surface area contributed by atoms with Gasteiger partial charge >= 0.3 is 11.9 Å². The number of nitrogens with zero attached hydrogens (tertiary/aromatic N) is 2. The number of alkyl halides is 2. The lowest BCUT2D eigenvalue weighted by molar-refractivity contribution is -0.157. The van der Waals surface area contributed by atoms with Crippen molar-refractivity contribution in [1.82, 2.24) is 9.78 Å². The molecule has 1 aliphatic heterocycles. The van der Waals surface area contributed by atoms with E-state index >= 15 is 0 Å². The Labute approximate surface area is 169 Å². The molecule has 1 aliphatic carbocycles. The summed E-state index contributed by atoms with van der Waals surface area (Å²) in [7, 11) is 0. The van der Waals surface area contributed by atoms with Crippen LogP contribution in [-0.2, 0) is 28.4 Å². The zero-order valence-corrected chi connectivity index (χ0v) is 16.3. The van der Waals surface area contributed by atoms with Gasteiger partial charge in [0.2, 0.25) is 0 Å². The van der Waals surface area contributed by atoms with E-state index in [9.17, 15) is 18.0 Å². The molecule has 28 heavy (non-hydrogen) atoms. The number of ether oxygens (including phenoxy) is 1. The van der Waals surface area contributed by atoms with Crippen molar-refractivity contribution >= 4 is 29.2 Å². The number of esters is 1. The molecule has 0 N–H and O–H groups in total. The molecule has 0 saturated heterocycles. The molecule has 2 aliphatic rings. The predicted octanol–water partition coefficient (Wildman–Crippen LogP) is 5.38. The first kappa shape index (κ1) is 19.6. The highest BCUT2D eigenvalue weighted by molar-refractivity contribution is 6.34. The minimum Gasteiger partial charge on any atom is -0.459 e. The second-order valence-corrected chi connectivity index (χ2v) is 7.97. The van der Waals surface area contributed by atoms with Crippen molar-refractivity contribution in [3.8, 4) is 11.3 Å². The minimum atomic E-state index is -3.57. The van der Waals surface area contributed by atoms with Gasteiger partial charge in [-0.3, -0.25) is 9.48 Å². The first-order valence-electron chi connectivity index (χ1n) is 9.07. The number of aryl methyl sites for hydroxylation is 1. The Morgan fingerprint density at radius 2 is 2.04 bits per heavy atom. The van der Waals surface area contributed by atoms with Crippen molar-refractivity contribution in [1.29, 1.82) is 0 Å². The molecular weight excluding hydrogens is 416 g/mol. The topological polar surface area (TPSA) is 44.1 Å². The van der Waals surface area contributed by atoms with Crippen LogP contribution in [0.3, 0.4) is 0 Å². The maximum absolute atomic E-state index is 14.7. The van der Waals surface area contributed by atoms with Crippen LogP contribution in [0.4, 0.5) is 13.2 Å². The summed E-state index contributed by atoms with van der Waals surface area (Å²) in [6, 6.07) is 1.76. The normalized spacial score (nSPS) is 16.8. The molecule has 0 spiro atoms. The highest BCUT2D eigenvalue weighted by Gasteiger charge is 2.39. The third-order valence-electron chi connectivity index (χ3n) is 5.04. The Bertz CT molecular complexity index is 942. The maximum Gasteiger partial charge on any atom is 0.309 e. The number of hydrogen-bond donors (Lipinski definition) is 0. The number of rotatable bonds is 5. The van der Waals surface area contributed by atoms with E-state index in [4.69, 9.17) is 27.9 Å². The van der Waals surface area contributed by atoms with Crippen LogP contribution in [0.15, 0.2) is 12.1 Å². The Morgan fingerprint density at radius 1 is 1.29 bits per heavy atom. The van der Waals surface area contributed by atoms with Gasteiger partial charge in [0.25, 0.3) is 0 Å². The van der Waals surface area contributed by atoms with Crippen LogP contribution < -0.4 is 0 Å². The Hall–Kier alpha value is -1.73. The van der Waals surface area contributed by atoms with E-state index in [1.54, 1.807) is 4.68 Å². The van der Waals surface area contributed by atoms with Crippen molar-refractivity contribution in [2.45, 2.75) is 44.6 Å². The summed E-state index contributed by atoms with van der Waals surface area (Å²) in [5.41, 5.74) is 0.0967. The zero-order chi connectivity index (χ0) is 20.1. The second-order valence-electron chi connectivity index (χ2n) is 7.19. The Morgan fingerprint density at radius 3 is 2.71 bits per heavy atom. The molecular formula is C19H17Cl2F3N2O2. The highest BCUT2D eigenvalue weighted by Crippen LogP contribution is 2.41. The summed E-state index contributed by atoms with van der Waals surface area (Å²) >= 11 is 12.2. The van der Waals surface area contributed by atoms with E-state index in [2.05, 4.69) is 5.10 Å². The predicted molar refractivity (Wildman–Crippen MR) is 98.2 cm³/mol. The molecule has 2 aromatic rings. The molecule has 0 radical (unpaired) electrons. The minimum absolute atomic E-state index is 0.111. The fourth-order valence-electron chi connectivity index (χ4n) is 3.31. The molecule has 150 valence electrons. The largest absolute Gasteiger partial charge is 0.459 e. The Kier molecular flexibility index (Phi) is 5.08. The van der Waals surface area contributed by atoms with Crippen LogP contribution >= 0.6 is 23.2 Å². The summed E-state index contributed by atoms with van der Waals surface area (Å²) in [5.74, 6) is -5.32. The van der Waals surface area contributed by atoms with Gasteiger partial charge in [-0.2, -0.15) is 13.9 Å². The standard InChI is InChI=1S/C19H17Cl2F3N2O2/c20-13-8-14(22)11(17-16(21)15-3-1-2-6-26(15)25-17)7-12(13)19(23,24)9-28-18(27)10-4-5-10/h7-8,10H,1-6,9H2. The van der Waals surface area contributed by atoms with Gasteiger partial charge in [0.15, 0.2) is 6.61 Å². The third-order valence-corrected chi connectivity index (χ3v) is 5.75.